The van der Waals surface area contributed by atoms with E-state index in [4.69, 9.17) is 0 Å². The molecule has 1 unspecified atom stereocenters. The SMILES string of the molecule is CC(CCBr)CCn1c2c(ccc1=O)CCC2. The average molecular weight is 298 g/mol. The lowest BCUT2D eigenvalue weighted by Gasteiger charge is -2.14. The van der Waals surface area contributed by atoms with Crippen molar-refractivity contribution in [1.29, 1.82) is 0 Å². The Hall–Kier alpha value is -0.570. The molecular weight excluding hydrogens is 278 g/mol. The van der Waals surface area contributed by atoms with Gasteiger partial charge >= 0.3 is 0 Å². The molecule has 1 aromatic rings. The highest BCUT2D eigenvalue weighted by Gasteiger charge is 2.15. The lowest BCUT2D eigenvalue weighted by molar-refractivity contribution is 0.460. The zero-order valence-electron chi connectivity index (χ0n) is 10.4. The van der Waals surface area contributed by atoms with Crippen LogP contribution in [0.3, 0.4) is 0 Å². The van der Waals surface area contributed by atoms with Gasteiger partial charge in [-0.3, -0.25) is 4.79 Å². The summed E-state index contributed by atoms with van der Waals surface area (Å²) in [6.45, 7) is 3.14. The summed E-state index contributed by atoms with van der Waals surface area (Å²) in [4.78, 5) is 11.9. The summed E-state index contributed by atoms with van der Waals surface area (Å²) in [5.41, 5.74) is 2.86. The maximum atomic E-state index is 11.9. The van der Waals surface area contributed by atoms with Crippen molar-refractivity contribution < 1.29 is 0 Å². The number of hydrogen-bond donors (Lipinski definition) is 0. The first-order valence-electron chi connectivity index (χ1n) is 6.50. The Bertz CT molecular complexity index is 438. The van der Waals surface area contributed by atoms with E-state index in [0.717, 1.165) is 31.1 Å². The van der Waals surface area contributed by atoms with Crippen LogP contribution in [0, 0.1) is 5.92 Å². The van der Waals surface area contributed by atoms with Gasteiger partial charge in [0.05, 0.1) is 0 Å². The lowest BCUT2D eigenvalue weighted by atomic mass is 10.1. The van der Waals surface area contributed by atoms with Crippen LogP contribution in [0.4, 0.5) is 0 Å². The van der Waals surface area contributed by atoms with Gasteiger partial charge in [-0.1, -0.05) is 28.9 Å². The van der Waals surface area contributed by atoms with E-state index in [1.165, 1.54) is 24.1 Å². The van der Waals surface area contributed by atoms with Crippen LogP contribution in [-0.2, 0) is 19.4 Å². The Balaban J connectivity index is 2.10. The van der Waals surface area contributed by atoms with Gasteiger partial charge in [0, 0.05) is 23.6 Å². The molecule has 0 spiro atoms. The van der Waals surface area contributed by atoms with E-state index in [0.29, 0.717) is 5.92 Å². The van der Waals surface area contributed by atoms with Crippen molar-refractivity contribution in [2.45, 2.75) is 45.6 Å². The Morgan fingerprint density at radius 1 is 1.35 bits per heavy atom. The number of rotatable bonds is 5. The molecule has 0 saturated heterocycles. The van der Waals surface area contributed by atoms with Gasteiger partial charge in [0.25, 0.3) is 5.56 Å². The summed E-state index contributed by atoms with van der Waals surface area (Å²) in [7, 11) is 0. The molecule has 0 aliphatic heterocycles. The number of fused-ring (bicyclic) bond motifs is 1. The standard InChI is InChI=1S/C14H20BrNO/c1-11(7-9-15)8-10-16-13-4-2-3-12(13)5-6-14(16)17/h5-6,11H,2-4,7-10H2,1H3. The van der Waals surface area contributed by atoms with Crippen molar-refractivity contribution in [2.24, 2.45) is 5.92 Å². The summed E-state index contributed by atoms with van der Waals surface area (Å²) in [6, 6.07) is 3.75. The summed E-state index contributed by atoms with van der Waals surface area (Å²) < 4.78 is 2.01. The Labute approximate surface area is 111 Å². The summed E-state index contributed by atoms with van der Waals surface area (Å²) >= 11 is 3.47. The van der Waals surface area contributed by atoms with Crippen LogP contribution in [0.2, 0.25) is 0 Å². The summed E-state index contributed by atoms with van der Waals surface area (Å²) in [5.74, 6) is 0.679. The van der Waals surface area contributed by atoms with Crippen LogP contribution in [-0.4, -0.2) is 9.90 Å². The van der Waals surface area contributed by atoms with Gasteiger partial charge < -0.3 is 4.57 Å². The van der Waals surface area contributed by atoms with Gasteiger partial charge in [-0.15, -0.1) is 0 Å². The molecule has 0 amide bonds. The van der Waals surface area contributed by atoms with Crippen molar-refractivity contribution in [3.63, 3.8) is 0 Å². The number of nitrogens with zero attached hydrogens (tertiary/aromatic N) is 1. The molecule has 3 heteroatoms. The molecule has 0 aromatic carbocycles. The first kappa shape index (κ1) is 12.9. The Morgan fingerprint density at radius 3 is 2.94 bits per heavy atom. The molecule has 1 heterocycles. The molecule has 1 aliphatic rings. The van der Waals surface area contributed by atoms with E-state index in [1.807, 2.05) is 10.6 Å². The molecule has 0 radical (unpaired) electrons. The highest BCUT2D eigenvalue weighted by molar-refractivity contribution is 9.09. The first-order valence-corrected chi connectivity index (χ1v) is 7.62. The number of aromatic nitrogens is 1. The topological polar surface area (TPSA) is 22.0 Å². The van der Waals surface area contributed by atoms with E-state index >= 15 is 0 Å². The van der Waals surface area contributed by atoms with Gasteiger partial charge in [0.15, 0.2) is 0 Å². The minimum Gasteiger partial charge on any atom is -0.312 e. The quantitative estimate of drug-likeness (QED) is 0.765. The number of halogens is 1. The van der Waals surface area contributed by atoms with Crippen LogP contribution in [0.5, 0.6) is 0 Å². The molecule has 1 aliphatic carbocycles. The number of pyridine rings is 1. The molecule has 0 N–H and O–H groups in total. The van der Waals surface area contributed by atoms with Crippen molar-refractivity contribution in [3.05, 3.63) is 33.7 Å². The smallest absolute Gasteiger partial charge is 0.250 e. The molecule has 2 rings (SSSR count). The Kier molecular flexibility index (Phi) is 4.43. The fourth-order valence-corrected chi connectivity index (χ4v) is 3.34. The van der Waals surface area contributed by atoms with E-state index < -0.39 is 0 Å². The van der Waals surface area contributed by atoms with Crippen LogP contribution < -0.4 is 5.56 Å². The van der Waals surface area contributed by atoms with Gasteiger partial charge in [0.1, 0.15) is 0 Å². The average Bonchev–Trinajstić information content (AvgIpc) is 2.76. The van der Waals surface area contributed by atoms with E-state index in [2.05, 4.69) is 22.9 Å². The highest BCUT2D eigenvalue weighted by atomic mass is 79.9. The molecule has 0 saturated carbocycles. The Morgan fingerprint density at radius 2 is 2.18 bits per heavy atom. The monoisotopic (exact) mass is 297 g/mol. The fraction of sp³-hybridized carbons (Fsp3) is 0.643. The second-order valence-electron chi connectivity index (χ2n) is 5.02. The molecule has 2 nitrogen and oxygen atoms in total. The van der Waals surface area contributed by atoms with Crippen molar-refractivity contribution in [2.75, 3.05) is 5.33 Å². The first-order chi connectivity index (χ1) is 8.22. The molecular formula is C14H20BrNO. The molecule has 94 valence electrons. The van der Waals surface area contributed by atoms with Gasteiger partial charge in [0.2, 0.25) is 0 Å². The van der Waals surface area contributed by atoms with E-state index in [-0.39, 0.29) is 5.56 Å². The van der Waals surface area contributed by atoms with E-state index in [1.54, 1.807) is 6.07 Å². The molecule has 1 atom stereocenters. The zero-order chi connectivity index (χ0) is 12.3. The second kappa shape index (κ2) is 5.85. The molecule has 0 bridgehead atoms. The van der Waals surface area contributed by atoms with Crippen molar-refractivity contribution >= 4 is 15.9 Å². The van der Waals surface area contributed by atoms with Crippen LogP contribution in [0.1, 0.15) is 37.4 Å². The highest BCUT2D eigenvalue weighted by Crippen LogP contribution is 2.20. The van der Waals surface area contributed by atoms with Crippen molar-refractivity contribution in [1.82, 2.24) is 4.57 Å². The molecule has 1 aromatic heterocycles. The molecule has 0 fully saturated rings. The summed E-state index contributed by atoms with van der Waals surface area (Å²) in [6.07, 6.45) is 5.71. The third kappa shape index (κ3) is 3.01. The molecule has 17 heavy (non-hydrogen) atoms. The largest absolute Gasteiger partial charge is 0.312 e. The zero-order valence-corrected chi connectivity index (χ0v) is 12.0. The number of aryl methyl sites for hydroxylation is 1. The van der Waals surface area contributed by atoms with E-state index in [9.17, 15) is 4.79 Å². The normalized spacial score (nSPS) is 15.9. The predicted molar refractivity (Wildman–Crippen MR) is 74.9 cm³/mol. The maximum absolute atomic E-state index is 11.9. The predicted octanol–water partition coefficient (Wildman–Crippen LogP) is 3.15. The third-order valence-corrected chi connectivity index (χ3v) is 4.15. The van der Waals surface area contributed by atoms with Gasteiger partial charge in [-0.25, -0.2) is 0 Å². The van der Waals surface area contributed by atoms with Crippen LogP contribution in [0.25, 0.3) is 0 Å². The third-order valence-electron chi connectivity index (χ3n) is 3.70. The van der Waals surface area contributed by atoms with Crippen LogP contribution in [0.15, 0.2) is 16.9 Å². The van der Waals surface area contributed by atoms with Gasteiger partial charge in [-0.2, -0.15) is 0 Å². The minimum absolute atomic E-state index is 0.177. The summed E-state index contributed by atoms with van der Waals surface area (Å²) in [5, 5.41) is 1.05. The van der Waals surface area contributed by atoms with Crippen molar-refractivity contribution in [3.8, 4) is 0 Å². The van der Waals surface area contributed by atoms with Crippen LogP contribution >= 0.6 is 15.9 Å². The number of alkyl halides is 1. The number of hydrogen-bond acceptors (Lipinski definition) is 1. The second-order valence-corrected chi connectivity index (χ2v) is 5.81. The maximum Gasteiger partial charge on any atom is 0.250 e. The van der Waals surface area contributed by atoms with Gasteiger partial charge in [-0.05, 0) is 43.6 Å². The fourth-order valence-electron chi connectivity index (χ4n) is 2.56. The lowest BCUT2D eigenvalue weighted by Crippen LogP contribution is -2.23. The minimum atomic E-state index is 0.177.